The van der Waals surface area contributed by atoms with Gasteiger partial charge >= 0.3 is 0 Å². The first kappa shape index (κ1) is 15.1. The number of hydrogen-bond acceptors (Lipinski definition) is 2. The van der Waals surface area contributed by atoms with Crippen molar-refractivity contribution in [1.82, 2.24) is 5.32 Å². The highest BCUT2D eigenvalue weighted by atomic mass is 35.5. The number of nitrogens with one attached hydrogen (secondary N) is 1. The summed E-state index contributed by atoms with van der Waals surface area (Å²) in [7, 11) is 1.80. The maximum Gasteiger partial charge on any atom is 0.146 e. The second-order valence-corrected chi connectivity index (χ2v) is 5.21. The van der Waals surface area contributed by atoms with Crippen LogP contribution in [0.25, 0.3) is 0 Å². The van der Waals surface area contributed by atoms with E-state index in [0.717, 1.165) is 5.56 Å². The topological polar surface area (TPSA) is 21.3 Å². The van der Waals surface area contributed by atoms with Crippen molar-refractivity contribution in [2.24, 2.45) is 0 Å². The third-order valence-electron chi connectivity index (χ3n) is 2.99. The van der Waals surface area contributed by atoms with Gasteiger partial charge in [-0.25, -0.2) is 4.39 Å². The summed E-state index contributed by atoms with van der Waals surface area (Å²) in [4.78, 5) is 0. The van der Waals surface area contributed by atoms with Gasteiger partial charge < -0.3 is 10.1 Å². The molecule has 0 saturated heterocycles. The van der Waals surface area contributed by atoms with Crippen LogP contribution in [0.3, 0.4) is 0 Å². The lowest BCUT2D eigenvalue weighted by molar-refractivity contribution is 0.463. The van der Waals surface area contributed by atoms with Crippen LogP contribution in [-0.4, -0.2) is 7.05 Å². The van der Waals surface area contributed by atoms with E-state index in [1.165, 1.54) is 12.1 Å². The Morgan fingerprint density at radius 3 is 2.45 bits per heavy atom. The molecule has 0 saturated carbocycles. The van der Waals surface area contributed by atoms with Crippen molar-refractivity contribution in [3.05, 3.63) is 57.8 Å². The summed E-state index contributed by atoms with van der Waals surface area (Å²) >= 11 is 11.9. The molecule has 0 spiro atoms. The molecule has 1 unspecified atom stereocenters. The van der Waals surface area contributed by atoms with Gasteiger partial charge in [-0.3, -0.25) is 0 Å². The van der Waals surface area contributed by atoms with Crippen molar-refractivity contribution in [1.29, 1.82) is 0 Å². The summed E-state index contributed by atoms with van der Waals surface area (Å²) in [6.07, 6.45) is 0. The molecule has 0 aliphatic carbocycles. The Labute approximate surface area is 127 Å². The van der Waals surface area contributed by atoms with Gasteiger partial charge in [0.15, 0.2) is 0 Å². The largest absolute Gasteiger partial charge is 0.455 e. The van der Waals surface area contributed by atoms with Gasteiger partial charge in [0, 0.05) is 16.6 Å². The molecule has 0 aliphatic rings. The van der Waals surface area contributed by atoms with Crippen LogP contribution in [-0.2, 0) is 0 Å². The van der Waals surface area contributed by atoms with E-state index in [-0.39, 0.29) is 11.9 Å². The molecule has 20 heavy (non-hydrogen) atoms. The van der Waals surface area contributed by atoms with Crippen molar-refractivity contribution in [3.63, 3.8) is 0 Å². The molecular weight excluding hydrogens is 300 g/mol. The standard InChI is InChI=1S/C15H14Cl2FNO/c1-9(19-2)12-8-11(18)4-6-14(12)20-15-5-3-10(16)7-13(15)17/h3-9,19H,1-2H3. The Morgan fingerprint density at radius 2 is 1.80 bits per heavy atom. The normalized spacial score (nSPS) is 12.2. The van der Waals surface area contributed by atoms with Gasteiger partial charge in [-0.2, -0.15) is 0 Å². The van der Waals surface area contributed by atoms with Crippen molar-refractivity contribution >= 4 is 23.2 Å². The SMILES string of the molecule is CNC(C)c1cc(F)ccc1Oc1ccc(Cl)cc1Cl. The molecule has 0 amide bonds. The third-order valence-corrected chi connectivity index (χ3v) is 3.52. The number of benzene rings is 2. The predicted molar refractivity (Wildman–Crippen MR) is 80.4 cm³/mol. The molecule has 2 nitrogen and oxygen atoms in total. The van der Waals surface area contributed by atoms with E-state index in [1.807, 2.05) is 6.92 Å². The van der Waals surface area contributed by atoms with Gasteiger partial charge in [-0.15, -0.1) is 0 Å². The summed E-state index contributed by atoms with van der Waals surface area (Å²) in [5, 5.41) is 4.00. The molecule has 2 aromatic carbocycles. The van der Waals surface area contributed by atoms with Crippen LogP contribution >= 0.6 is 23.2 Å². The Morgan fingerprint density at radius 1 is 1.10 bits per heavy atom. The monoisotopic (exact) mass is 313 g/mol. The molecular formula is C15H14Cl2FNO. The summed E-state index contributed by atoms with van der Waals surface area (Å²) in [6.45, 7) is 1.92. The van der Waals surface area contributed by atoms with Crippen molar-refractivity contribution in [3.8, 4) is 11.5 Å². The molecule has 1 atom stereocenters. The summed E-state index contributed by atoms with van der Waals surface area (Å²) < 4.78 is 19.2. The Hall–Kier alpha value is -1.29. The maximum atomic E-state index is 13.4. The first-order valence-electron chi connectivity index (χ1n) is 6.11. The fourth-order valence-corrected chi connectivity index (χ4v) is 2.23. The van der Waals surface area contributed by atoms with Gasteiger partial charge in [-0.1, -0.05) is 23.2 Å². The molecule has 0 bridgehead atoms. The number of halogens is 3. The first-order chi connectivity index (χ1) is 9.51. The van der Waals surface area contributed by atoms with Crippen molar-refractivity contribution in [2.75, 3.05) is 7.05 Å². The Kier molecular flexibility index (Phi) is 4.86. The molecule has 0 heterocycles. The minimum atomic E-state index is -0.309. The average Bonchev–Trinajstić information content (AvgIpc) is 2.42. The molecule has 1 N–H and O–H groups in total. The number of hydrogen-bond donors (Lipinski definition) is 1. The van der Waals surface area contributed by atoms with Gasteiger partial charge in [0.2, 0.25) is 0 Å². The van der Waals surface area contributed by atoms with E-state index in [2.05, 4.69) is 5.32 Å². The Balaban J connectivity index is 2.37. The zero-order chi connectivity index (χ0) is 14.7. The lowest BCUT2D eigenvalue weighted by Crippen LogP contribution is -2.13. The third kappa shape index (κ3) is 3.42. The number of rotatable bonds is 4. The van der Waals surface area contributed by atoms with E-state index < -0.39 is 0 Å². The molecule has 0 radical (unpaired) electrons. The van der Waals surface area contributed by atoms with E-state index in [0.29, 0.717) is 21.5 Å². The van der Waals surface area contributed by atoms with Gasteiger partial charge in [0.05, 0.1) is 5.02 Å². The van der Waals surface area contributed by atoms with Crippen LogP contribution in [0.2, 0.25) is 10.0 Å². The molecule has 5 heteroatoms. The summed E-state index contributed by atoms with van der Waals surface area (Å²) in [6, 6.07) is 9.31. The zero-order valence-corrected chi connectivity index (χ0v) is 12.6. The zero-order valence-electron chi connectivity index (χ0n) is 11.1. The van der Waals surface area contributed by atoms with E-state index in [4.69, 9.17) is 27.9 Å². The molecule has 2 rings (SSSR count). The molecule has 0 aliphatic heterocycles. The highest BCUT2D eigenvalue weighted by Crippen LogP contribution is 2.35. The minimum Gasteiger partial charge on any atom is -0.455 e. The Bertz CT molecular complexity index is 619. The van der Waals surface area contributed by atoms with Crippen LogP contribution < -0.4 is 10.1 Å². The molecule has 106 valence electrons. The molecule has 2 aromatic rings. The second-order valence-electron chi connectivity index (χ2n) is 4.37. The average molecular weight is 314 g/mol. The lowest BCUT2D eigenvalue weighted by atomic mass is 10.1. The summed E-state index contributed by atoms with van der Waals surface area (Å²) in [5.74, 6) is 0.723. The fraction of sp³-hybridized carbons (Fsp3) is 0.200. The first-order valence-corrected chi connectivity index (χ1v) is 6.86. The van der Waals surface area contributed by atoms with Gasteiger partial charge in [0.25, 0.3) is 0 Å². The van der Waals surface area contributed by atoms with Gasteiger partial charge in [-0.05, 0) is 50.4 Å². The van der Waals surface area contributed by atoms with Crippen LogP contribution in [0.15, 0.2) is 36.4 Å². The maximum absolute atomic E-state index is 13.4. The quantitative estimate of drug-likeness (QED) is 0.837. The predicted octanol–water partition coefficient (Wildman–Crippen LogP) is 5.21. The smallest absolute Gasteiger partial charge is 0.146 e. The number of ether oxygens (including phenoxy) is 1. The molecule has 0 aromatic heterocycles. The van der Waals surface area contributed by atoms with Crippen LogP contribution in [0.4, 0.5) is 4.39 Å². The van der Waals surface area contributed by atoms with E-state index in [9.17, 15) is 4.39 Å². The second kappa shape index (κ2) is 6.44. The van der Waals surface area contributed by atoms with Crippen LogP contribution in [0.5, 0.6) is 11.5 Å². The van der Waals surface area contributed by atoms with Crippen LogP contribution in [0, 0.1) is 5.82 Å². The van der Waals surface area contributed by atoms with E-state index in [1.54, 1.807) is 31.3 Å². The fourth-order valence-electron chi connectivity index (χ4n) is 1.78. The highest BCUT2D eigenvalue weighted by molar-refractivity contribution is 6.35. The van der Waals surface area contributed by atoms with E-state index >= 15 is 0 Å². The minimum absolute atomic E-state index is 0.0493. The van der Waals surface area contributed by atoms with Crippen LogP contribution in [0.1, 0.15) is 18.5 Å². The molecule has 0 fully saturated rings. The van der Waals surface area contributed by atoms with Gasteiger partial charge in [0.1, 0.15) is 17.3 Å². The van der Waals surface area contributed by atoms with Crippen molar-refractivity contribution in [2.45, 2.75) is 13.0 Å². The highest BCUT2D eigenvalue weighted by Gasteiger charge is 2.13. The van der Waals surface area contributed by atoms with Crippen molar-refractivity contribution < 1.29 is 9.13 Å². The lowest BCUT2D eigenvalue weighted by Gasteiger charge is -2.17. The summed E-state index contributed by atoms with van der Waals surface area (Å²) in [5.41, 5.74) is 0.721.